The Bertz CT molecular complexity index is 433. The van der Waals surface area contributed by atoms with Crippen LogP contribution in [-0.4, -0.2) is 12.6 Å². The van der Waals surface area contributed by atoms with Gasteiger partial charge in [-0.05, 0) is 37.4 Å². The smallest absolute Gasteiger partial charge is 0.0294 e. The third kappa shape index (κ3) is 18.7. The Labute approximate surface area is 164 Å². The fourth-order valence-corrected chi connectivity index (χ4v) is 2.05. The highest BCUT2D eigenvalue weighted by Gasteiger charge is 2.04. The molecule has 0 spiro atoms. The lowest BCUT2D eigenvalue weighted by atomic mass is 10.1. The summed E-state index contributed by atoms with van der Waals surface area (Å²) in [6, 6.07) is 11.5. The molecule has 0 aliphatic rings. The fraction of sp³-hybridized carbons (Fsp3) is 0.500. The molecule has 0 amide bonds. The molecule has 1 atom stereocenters. The molecule has 0 saturated heterocycles. The molecule has 0 aliphatic carbocycles. The Morgan fingerprint density at radius 3 is 1.96 bits per heavy atom. The van der Waals surface area contributed by atoms with Crippen LogP contribution in [0.4, 0.5) is 0 Å². The van der Waals surface area contributed by atoms with E-state index in [1.807, 2.05) is 45.9 Å². The second-order valence-electron chi connectivity index (χ2n) is 5.53. The van der Waals surface area contributed by atoms with E-state index in [-0.39, 0.29) is 0 Å². The van der Waals surface area contributed by atoms with E-state index in [1.165, 1.54) is 11.1 Å². The van der Waals surface area contributed by atoms with E-state index in [9.17, 15) is 0 Å². The summed E-state index contributed by atoms with van der Waals surface area (Å²) in [5.74, 6) is 0. The predicted octanol–water partition coefficient (Wildman–Crippen LogP) is 6.82. The van der Waals surface area contributed by atoms with Gasteiger partial charge in [-0.15, -0.1) is 0 Å². The van der Waals surface area contributed by atoms with E-state index in [0.717, 1.165) is 19.4 Å². The van der Waals surface area contributed by atoms with Crippen LogP contribution in [0.2, 0.25) is 0 Å². The van der Waals surface area contributed by atoms with Crippen molar-refractivity contribution in [1.29, 1.82) is 0 Å². The first-order valence-electron chi connectivity index (χ1n) is 10.00. The zero-order valence-electron chi connectivity index (χ0n) is 18.4. The number of allylic oxidation sites excluding steroid dienone is 4. The van der Waals surface area contributed by atoms with Crippen molar-refractivity contribution in [2.24, 2.45) is 5.73 Å². The van der Waals surface area contributed by atoms with Gasteiger partial charge in [0.15, 0.2) is 0 Å². The summed E-state index contributed by atoms with van der Waals surface area (Å²) in [4.78, 5) is 0. The van der Waals surface area contributed by atoms with Crippen molar-refractivity contribution < 1.29 is 0 Å². The van der Waals surface area contributed by atoms with Gasteiger partial charge < -0.3 is 11.1 Å². The van der Waals surface area contributed by atoms with Crippen LogP contribution in [-0.2, 0) is 0 Å². The zero-order valence-corrected chi connectivity index (χ0v) is 18.4. The molecule has 1 rings (SSSR count). The number of nitrogens with one attached hydrogen (secondary N) is 1. The summed E-state index contributed by atoms with van der Waals surface area (Å²) in [7, 11) is 0. The van der Waals surface area contributed by atoms with Gasteiger partial charge in [-0.25, -0.2) is 0 Å². The Morgan fingerprint density at radius 1 is 1.04 bits per heavy atom. The van der Waals surface area contributed by atoms with Gasteiger partial charge in [-0.2, -0.15) is 0 Å². The summed E-state index contributed by atoms with van der Waals surface area (Å²) in [5, 5.41) is 3.46. The van der Waals surface area contributed by atoms with Crippen LogP contribution in [0.25, 0.3) is 0 Å². The summed E-state index contributed by atoms with van der Waals surface area (Å²) in [5.41, 5.74) is 7.90. The Hall–Kier alpha value is -1.64. The maximum absolute atomic E-state index is 5.34. The van der Waals surface area contributed by atoms with Crippen LogP contribution < -0.4 is 11.1 Å². The normalized spacial score (nSPS) is 10.9. The van der Waals surface area contributed by atoms with Crippen molar-refractivity contribution in [2.75, 3.05) is 6.54 Å². The first kappa shape index (κ1) is 29.1. The molecular formula is C24H44N2. The van der Waals surface area contributed by atoms with Gasteiger partial charge in [0.05, 0.1) is 0 Å². The van der Waals surface area contributed by atoms with E-state index in [0.29, 0.717) is 12.1 Å². The van der Waals surface area contributed by atoms with Gasteiger partial charge in [0.2, 0.25) is 0 Å². The number of hydrogen-bond acceptors (Lipinski definition) is 2. The van der Waals surface area contributed by atoms with E-state index in [2.05, 4.69) is 63.5 Å². The molecule has 2 heteroatoms. The first-order valence-corrected chi connectivity index (χ1v) is 10.00. The predicted molar refractivity (Wildman–Crippen MR) is 123 cm³/mol. The SMILES string of the molecule is C=C/C=C(\C=C)CCCN.CC.CC.CC(C)NC(C)c1ccccc1. The molecular weight excluding hydrogens is 316 g/mol. The van der Waals surface area contributed by atoms with E-state index < -0.39 is 0 Å². The average molecular weight is 361 g/mol. The quantitative estimate of drug-likeness (QED) is 0.499. The van der Waals surface area contributed by atoms with Crippen molar-refractivity contribution in [3.05, 3.63) is 72.9 Å². The van der Waals surface area contributed by atoms with Gasteiger partial charge >= 0.3 is 0 Å². The molecule has 0 fully saturated rings. The van der Waals surface area contributed by atoms with Crippen molar-refractivity contribution in [1.82, 2.24) is 5.32 Å². The minimum absolute atomic E-state index is 0.450. The standard InChI is InChI=1S/C11H17N.C9H15N.2C2H6/c1-9(2)12-10(3)11-7-5-4-6-8-11;1-3-6-9(4-2)7-5-8-10;2*1-2/h4-10,12H,1-3H3;3-4,6H,1-2,5,7-8,10H2;2*1-2H3/b;9-6+;;. The topological polar surface area (TPSA) is 38.0 Å². The lowest BCUT2D eigenvalue weighted by molar-refractivity contribution is 0.506. The molecule has 0 bridgehead atoms. The Balaban J connectivity index is -0.000000346. The van der Waals surface area contributed by atoms with Crippen LogP contribution in [0.15, 0.2) is 67.3 Å². The molecule has 1 aromatic carbocycles. The van der Waals surface area contributed by atoms with Crippen molar-refractivity contribution in [3.63, 3.8) is 0 Å². The lowest BCUT2D eigenvalue weighted by Gasteiger charge is -2.16. The molecule has 0 aliphatic heterocycles. The van der Waals surface area contributed by atoms with E-state index in [1.54, 1.807) is 6.08 Å². The van der Waals surface area contributed by atoms with Gasteiger partial charge in [0.1, 0.15) is 0 Å². The highest BCUT2D eigenvalue weighted by atomic mass is 14.9. The van der Waals surface area contributed by atoms with Gasteiger partial charge in [0.25, 0.3) is 0 Å². The van der Waals surface area contributed by atoms with Crippen molar-refractivity contribution in [2.45, 2.75) is 73.4 Å². The van der Waals surface area contributed by atoms with Crippen LogP contribution in [0, 0.1) is 0 Å². The van der Waals surface area contributed by atoms with E-state index in [4.69, 9.17) is 5.73 Å². The molecule has 150 valence electrons. The molecule has 0 saturated carbocycles. The summed E-state index contributed by atoms with van der Waals surface area (Å²) >= 11 is 0. The van der Waals surface area contributed by atoms with Crippen molar-refractivity contribution in [3.8, 4) is 0 Å². The van der Waals surface area contributed by atoms with Gasteiger partial charge in [-0.3, -0.25) is 0 Å². The van der Waals surface area contributed by atoms with Gasteiger partial charge in [0, 0.05) is 12.1 Å². The van der Waals surface area contributed by atoms with Crippen LogP contribution in [0.5, 0.6) is 0 Å². The molecule has 26 heavy (non-hydrogen) atoms. The monoisotopic (exact) mass is 360 g/mol. The second-order valence-corrected chi connectivity index (χ2v) is 5.53. The van der Waals surface area contributed by atoms with Crippen LogP contribution >= 0.6 is 0 Å². The third-order valence-electron chi connectivity index (χ3n) is 3.15. The zero-order chi connectivity index (χ0) is 20.8. The minimum Gasteiger partial charge on any atom is -0.330 e. The summed E-state index contributed by atoms with van der Waals surface area (Å²) < 4.78 is 0. The van der Waals surface area contributed by atoms with Gasteiger partial charge in [-0.1, -0.05) is 103 Å². The summed E-state index contributed by atoms with van der Waals surface area (Å²) in [6.07, 6.45) is 7.60. The average Bonchev–Trinajstić information content (AvgIpc) is 2.69. The van der Waals surface area contributed by atoms with E-state index >= 15 is 0 Å². The minimum atomic E-state index is 0.450. The highest BCUT2D eigenvalue weighted by molar-refractivity contribution is 5.20. The first-order chi connectivity index (χ1) is 12.5. The Kier molecular flexibility index (Phi) is 26.2. The third-order valence-corrected chi connectivity index (χ3v) is 3.15. The molecule has 3 N–H and O–H groups in total. The molecule has 1 aromatic rings. The molecule has 2 nitrogen and oxygen atoms in total. The fourth-order valence-electron chi connectivity index (χ4n) is 2.05. The number of nitrogens with two attached hydrogens (primary N) is 1. The number of benzene rings is 1. The van der Waals surface area contributed by atoms with Crippen LogP contribution in [0.1, 0.15) is 72.9 Å². The molecule has 0 aromatic heterocycles. The van der Waals surface area contributed by atoms with Crippen LogP contribution in [0.3, 0.4) is 0 Å². The highest BCUT2D eigenvalue weighted by Crippen LogP contribution is 2.11. The number of rotatable bonds is 8. The largest absolute Gasteiger partial charge is 0.330 e. The summed E-state index contributed by atoms with van der Waals surface area (Å²) in [6.45, 7) is 22.5. The molecule has 0 heterocycles. The second kappa shape index (κ2) is 23.4. The van der Waals surface area contributed by atoms with Crippen molar-refractivity contribution >= 4 is 0 Å². The maximum atomic E-state index is 5.34. The lowest BCUT2D eigenvalue weighted by Crippen LogP contribution is -2.25. The Morgan fingerprint density at radius 2 is 1.58 bits per heavy atom. The molecule has 1 unspecified atom stereocenters. The molecule has 0 radical (unpaired) electrons. The maximum Gasteiger partial charge on any atom is 0.0294 e. The number of hydrogen-bond donors (Lipinski definition) is 2.